The molecule has 0 radical (unpaired) electrons. The molecule has 0 unspecified atom stereocenters. The molecule has 96 valence electrons. The first-order valence-electron chi connectivity index (χ1n) is 4.74. The van der Waals surface area contributed by atoms with Gasteiger partial charge < -0.3 is 15.4 Å². The van der Waals surface area contributed by atoms with Crippen molar-refractivity contribution in [1.29, 1.82) is 0 Å². The third-order valence-corrected chi connectivity index (χ3v) is 1.72. The van der Waals surface area contributed by atoms with E-state index in [9.17, 15) is 18.0 Å². The first-order valence-corrected chi connectivity index (χ1v) is 4.74. The highest BCUT2D eigenvalue weighted by Gasteiger charge is 2.28. The van der Waals surface area contributed by atoms with Crippen molar-refractivity contribution in [2.75, 3.05) is 26.8 Å². The minimum absolute atomic E-state index is 0.174. The van der Waals surface area contributed by atoms with Crippen LogP contribution in [0.2, 0.25) is 0 Å². The number of halogens is 3. The summed E-state index contributed by atoms with van der Waals surface area (Å²) in [6, 6.07) is 0. The zero-order valence-electron chi connectivity index (χ0n) is 9.57. The summed E-state index contributed by atoms with van der Waals surface area (Å²) in [4.78, 5) is 11.0. The van der Waals surface area contributed by atoms with Crippen LogP contribution >= 0.6 is 0 Å². The summed E-state index contributed by atoms with van der Waals surface area (Å²) < 4.78 is 40.1. The zero-order valence-corrected chi connectivity index (χ0v) is 9.57. The average Bonchev–Trinajstić information content (AvgIpc) is 2.10. The van der Waals surface area contributed by atoms with E-state index in [1.54, 1.807) is 19.2 Å². The Labute approximate surface area is 92.5 Å². The Bertz CT molecular complexity index is 229. The number of rotatable bonds is 6. The first-order chi connectivity index (χ1) is 7.16. The predicted octanol–water partition coefficient (Wildman–Crippen LogP) is 0.679. The van der Waals surface area contributed by atoms with Gasteiger partial charge in [0.2, 0.25) is 5.91 Å². The van der Waals surface area contributed by atoms with Crippen LogP contribution in [-0.4, -0.2) is 44.4 Å². The van der Waals surface area contributed by atoms with Crippen molar-refractivity contribution in [1.82, 2.24) is 10.6 Å². The summed E-state index contributed by atoms with van der Waals surface area (Å²) in [7, 11) is 1.51. The van der Waals surface area contributed by atoms with Gasteiger partial charge in [0.15, 0.2) is 0 Å². The van der Waals surface area contributed by atoms with Crippen LogP contribution in [0.5, 0.6) is 0 Å². The molecule has 0 spiro atoms. The molecule has 2 N–H and O–H groups in total. The number of amides is 1. The molecule has 0 fully saturated rings. The summed E-state index contributed by atoms with van der Waals surface area (Å²) in [5, 5.41) is 4.56. The lowest BCUT2D eigenvalue weighted by molar-refractivity contribution is -0.138. The number of ether oxygens (including phenoxy) is 1. The van der Waals surface area contributed by atoms with Crippen LogP contribution in [-0.2, 0) is 9.53 Å². The van der Waals surface area contributed by atoms with Crippen LogP contribution < -0.4 is 10.6 Å². The van der Waals surface area contributed by atoms with Crippen LogP contribution in [0.15, 0.2) is 0 Å². The molecule has 0 aromatic heterocycles. The number of alkyl halides is 3. The minimum atomic E-state index is -4.38. The molecule has 0 heterocycles. The maximum Gasteiger partial charge on any atom is 0.405 e. The minimum Gasteiger partial charge on any atom is -0.383 e. The SMILES string of the molecule is COCC(C)(C)NCC(=O)NCC(F)(F)F. The highest BCUT2D eigenvalue weighted by molar-refractivity contribution is 5.78. The van der Waals surface area contributed by atoms with Gasteiger partial charge in [0.05, 0.1) is 13.2 Å². The summed E-state index contributed by atoms with van der Waals surface area (Å²) in [6.45, 7) is 2.45. The maximum absolute atomic E-state index is 11.8. The zero-order chi connectivity index (χ0) is 12.8. The highest BCUT2D eigenvalue weighted by atomic mass is 19.4. The van der Waals surface area contributed by atoms with Gasteiger partial charge in [0.1, 0.15) is 6.54 Å². The van der Waals surface area contributed by atoms with Gasteiger partial charge >= 0.3 is 6.18 Å². The molecular weight excluding hydrogens is 225 g/mol. The molecule has 0 rings (SSSR count). The van der Waals surface area contributed by atoms with Gasteiger partial charge in [-0.25, -0.2) is 0 Å². The number of carbonyl (C=O) groups is 1. The second-order valence-electron chi connectivity index (χ2n) is 4.06. The van der Waals surface area contributed by atoms with Gasteiger partial charge in [-0.3, -0.25) is 4.79 Å². The van der Waals surface area contributed by atoms with Gasteiger partial charge in [0.25, 0.3) is 0 Å². The molecular formula is C9H17F3N2O2. The van der Waals surface area contributed by atoms with Gasteiger partial charge in [-0.05, 0) is 13.8 Å². The number of hydrogen-bond acceptors (Lipinski definition) is 3. The monoisotopic (exact) mass is 242 g/mol. The molecule has 0 atom stereocenters. The number of hydrogen-bond donors (Lipinski definition) is 2. The van der Waals surface area contributed by atoms with Crippen LogP contribution in [0.1, 0.15) is 13.8 Å². The van der Waals surface area contributed by atoms with E-state index in [1.807, 2.05) is 0 Å². The number of methoxy groups -OCH3 is 1. The molecule has 0 aromatic carbocycles. The van der Waals surface area contributed by atoms with E-state index in [0.717, 1.165) is 0 Å². The fraction of sp³-hybridized carbons (Fsp3) is 0.889. The topological polar surface area (TPSA) is 50.4 Å². The van der Waals surface area contributed by atoms with Crippen LogP contribution in [0.4, 0.5) is 13.2 Å². The Hall–Kier alpha value is -0.820. The smallest absolute Gasteiger partial charge is 0.383 e. The van der Waals surface area contributed by atoms with Gasteiger partial charge in [-0.15, -0.1) is 0 Å². The molecule has 16 heavy (non-hydrogen) atoms. The standard InChI is InChI=1S/C9H17F3N2O2/c1-8(2,6-16-3)14-4-7(15)13-5-9(10,11)12/h14H,4-6H2,1-3H3,(H,13,15). The lowest BCUT2D eigenvalue weighted by atomic mass is 10.1. The van der Waals surface area contributed by atoms with E-state index in [4.69, 9.17) is 4.74 Å². The normalized spacial score (nSPS) is 12.6. The van der Waals surface area contributed by atoms with Crippen LogP contribution in [0.3, 0.4) is 0 Å². The molecule has 0 aromatic rings. The second kappa shape index (κ2) is 6.05. The average molecular weight is 242 g/mol. The van der Waals surface area contributed by atoms with Crippen molar-refractivity contribution in [3.63, 3.8) is 0 Å². The molecule has 0 aliphatic heterocycles. The number of nitrogens with one attached hydrogen (secondary N) is 2. The Morgan fingerprint density at radius 2 is 1.88 bits per heavy atom. The van der Waals surface area contributed by atoms with Crippen molar-refractivity contribution in [3.05, 3.63) is 0 Å². The summed E-state index contributed by atoms with van der Waals surface area (Å²) in [5.74, 6) is -0.693. The van der Waals surface area contributed by atoms with E-state index in [1.165, 1.54) is 7.11 Å². The first kappa shape index (κ1) is 15.2. The van der Waals surface area contributed by atoms with Gasteiger partial charge in [-0.1, -0.05) is 0 Å². The third-order valence-electron chi connectivity index (χ3n) is 1.72. The predicted molar refractivity (Wildman–Crippen MR) is 53.0 cm³/mol. The molecule has 0 saturated heterocycles. The lowest BCUT2D eigenvalue weighted by Gasteiger charge is -2.25. The molecule has 7 heteroatoms. The molecule has 0 aliphatic rings. The maximum atomic E-state index is 11.8. The van der Waals surface area contributed by atoms with Gasteiger partial charge in [0, 0.05) is 12.6 Å². The quantitative estimate of drug-likeness (QED) is 0.720. The Morgan fingerprint density at radius 1 is 1.31 bits per heavy atom. The summed E-state index contributed by atoms with van der Waals surface area (Å²) >= 11 is 0. The van der Waals surface area contributed by atoms with Crippen molar-refractivity contribution in [2.24, 2.45) is 0 Å². The molecule has 4 nitrogen and oxygen atoms in total. The van der Waals surface area contributed by atoms with E-state index in [2.05, 4.69) is 5.32 Å². The molecule has 0 saturated carbocycles. The largest absolute Gasteiger partial charge is 0.405 e. The summed E-state index contributed by atoms with van der Waals surface area (Å²) in [5.41, 5.74) is -0.454. The Balaban J connectivity index is 3.81. The van der Waals surface area contributed by atoms with Crippen LogP contribution in [0, 0.1) is 0 Å². The molecule has 0 aliphatic carbocycles. The van der Waals surface area contributed by atoms with Gasteiger partial charge in [-0.2, -0.15) is 13.2 Å². The highest BCUT2D eigenvalue weighted by Crippen LogP contribution is 2.11. The Morgan fingerprint density at radius 3 is 2.31 bits per heavy atom. The van der Waals surface area contributed by atoms with Crippen molar-refractivity contribution in [2.45, 2.75) is 25.6 Å². The van der Waals surface area contributed by atoms with Crippen molar-refractivity contribution < 1.29 is 22.7 Å². The third kappa shape index (κ3) is 8.49. The van der Waals surface area contributed by atoms with E-state index < -0.39 is 24.2 Å². The number of carbonyl (C=O) groups excluding carboxylic acids is 1. The summed E-state index contributed by atoms with van der Waals surface area (Å²) in [6.07, 6.45) is -4.38. The van der Waals surface area contributed by atoms with E-state index in [0.29, 0.717) is 6.61 Å². The second-order valence-corrected chi connectivity index (χ2v) is 4.06. The fourth-order valence-corrected chi connectivity index (χ4v) is 0.993. The van der Waals surface area contributed by atoms with Crippen molar-refractivity contribution in [3.8, 4) is 0 Å². The molecule has 1 amide bonds. The Kier molecular flexibility index (Phi) is 5.74. The molecule has 0 bridgehead atoms. The van der Waals surface area contributed by atoms with Crippen LogP contribution in [0.25, 0.3) is 0 Å². The van der Waals surface area contributed by atoms with Crippen molar-refractivity contribution >= 4 is 5.91 Å². The van der Waals surface area contributed by atoms with E-state index >= 15 is 0 Å². The fourth-order valence-electron chi connectivity index (χ4n) is 0.993. The lowest BCUT2D eigenvalue weighted by Crippen LogP contribution is -2.49. The van der Waals surface area contributed by atoms with E-state index in [-0.39, 0.29) is 6.54 Å².